The van der Waals surface area contributed by atoms with Crippen molar-refractivity contribution in [2.24, 2.45) is 0 Å². The highest BCUT2D eigenvalue weighted by Crippen LogP contribution is 2.38. The van der Waals surface area contributed by atoms with Gasteiger partial charge in [0, 0.05) is 6.54 Å². The van der Waals surface area contributed by atoms with E-state index in [0.717, 1.165) is 5.56 Å². The summed E-state index contributed by atoms with van der Waals surface area (Å²) in [4.78, 5) is 25.4. The molecule has 2 atom stereocenters. The van der Waals surface area contributed by atoms with Gasteiger partial charge in [-0.2, -0.15) is 0 Å². The number of rotatable bonds is 2. The molecule has 0 bridgehead atoms. The number of carbonyl (C=O) groups excluding carboxylic acids is 1. The minimum absolute atomic E-state index is 0.261. The molecule has 5 nitrogen and oxygen atoms in total. The van der Waals surface area contributed by atoms with Gasteiger partial charge in [-0.15, -0.1) is 0 Å². The Kier molecular flexibility index (Phi) is 4.68. The van der Waals surface area contributed by atoms with Crippen molar-refractivity contribution in [2.75, 3.05) is 6.54 Å². The lowest BCUT2D eigenvalue weighted by Gasteiger charge is -2.43. The standard InChI is InChI=1S/C18H25NO4/c1-17(2,3)23-16(22)19-11-10-18(4,12-14(19)15(20)21)13-8-6-5-7-9-13/h5-9,14H,10-12H2,1-4H3,(H,20,21). The zero-order valence-electron chi connectivity index (χ0n) is 14.2. The van der Waals surface area contributed by atoms with Crippen LogP contribution in [0.5, 0.6) is 0 Å². The van der Waals surface area contributed by atoms with Crippen LogP contribution in [0.4, 0.5) is 4.79 Å². The molecule has 1 N–H and O–H groups in total. The lowest BCUT2D eigenvalue weighted by Crippen LogP contribution is -2.54. The highest BCUT2D eigenvalue weighted by Gasteiger charge is 2.44. The molecule has 1 aromatic carbocycles. The first-order chi connectivity index (χ1) is 10.6. The predicted octanol–water partition coefficient (Wildman–Crippen LogP) is 3.43. The fourth-order valence-electron chi connectivity index (χ4n) is 3.02. The smallest absolute Gasteiger partial charge is 0.411 e. The van der Waals surface area contributed by atoms with Crippen LogP contribution in [0.25, 0.3) is 0 Å². The molecule has 0 spiro atoms. The number of ether oxygens (including phenoxy) is 1. The summed E-state index contributed by atoms with van der Waals surface area (Å²) in [6.45, 7) is 7.76. The number of hydrogen-bond acceptors (Lipinski definition) is 3. The molecule has 0 saturated carbocycles. The molecular formula is C18H25NO4. The normalized spacial score (nSPS) is 25.0. The van der Waals surface area contributed by atoms with Crippen molar-refractivity contribution >= 4 is 12.1 Å². The average Bonchev–Trinajstić information content (AvgIpc) is 2.46. The first-order valence-electron chi connectivity index (χ1n) is 7.90. The molecule has 1 heterocycles. The second kappa shape index (κ2) is 6.22. The summed E-state index contributed by atoms with van der Waals surface area (Å²) in [5, 5.41) is 9.59. The van der Waals surface area contributed by atoms with E-state index in [1.807, 2.05) is 30.3 Å². The molecule has 5 heteroatoms. The minimum atomic E-state index is -0.988. The first-order valence-corrected chi connectivity index (χ1v) is 7.90. The molecule has 1 amide bonds. The topological polar surface area (TPSA) is 66.8 Å². The van der Waals surface area contributed by atoms with Gasteiger partial charge < -0.3 is 9.84 Å². The number of likely N-dealkylation sites (tertiary alicyclic amines) is 1. The Bertz CT molecular complexity index is 578. The van der Waals surface area contributed by atoms with Crippen LogP contribution in [0.15, 0.2) is 30.3 Å². The number of hydrogen-bond donors (Lipinski definition) is 1. The number of benzene rings is 1. The zero-order chi connectivity index (χ0) is 17.3. The first kappa shape index (κ1) is 17.3. The fourth-order valence-corrected chi connectivity index (χ4v) is 3.02. The quantitative estimate of drug-likeness (QED) is 0.907. The molecule has 1 fully saturated rings. The molecule has 1 aliphatic rings. The van der Waals surface area contributed by atoms with Crippen LogP contribution < -0.4 is 0 Å². The third-order valence-corrected chi connectivity index (χ3v) is 4.31. The number of amides is 1. The second-order valence-electron chi connectivity index (χ2n) is 7.41. The monoisotopic (exact) mass is 319 g/mol. The maximum Gasteiger partial charge on any atom is 0.411 e. The van der Waals surface area contributed by atoms with Gasteiger partial charge in [-0.1, -0.05) is 37.3 Å². The molecule has 126 valence electrons. The van der Waals surface area contributed by atoms with Crippen LogP contribution in [-0.2, 0) is 14.9 Å². The molecule has 0 aromatic heterocycles. The third kappa shape index (κ3) is 4.03. The van der Waals surface area contributed by atoms with Gasteiger partial charge >= 0.3 is 12.1 Å². The van der Waals surface area contributed by atoms with E-state index >= 15 is 0 Å². The van der Waals surface area contributed by atoms with Crippen LogP contribution in [0.2, 0.25) is 0 Å². The van der Waals surface area contributed by atoms with E-state index in [-0.39, 0.29) is 5.41 Å². The highest BCUT2D eigenvalue weighted by atomic mass is 16.6. The van der Waals surface area contributed by atoms with Crippen molar-refractivity contribution in [1.29, 1.82) is 0 Å². The van der Waals surface area contributed by atoms with Crippen molar-refractivity contribution < 1.29 is 19.4 Å². The van der Waals surface area contributed by atoms with E-state index in [0.29, 0.717) is 19.4 Å². The number of carbonyl (C=O) groups is 2. The molecule has 1 aliphatic heterocycles. The number of nitrogens with zero attached hydrogens (tertiary/aromatic N) is 1. The summed E-state index contributed by atoms with van der Waals surface area (Å²) >= 11 is 0. The molecule has 2 rings (SSSR count). The minimum Gasteiger partial charge on any atom is -0.480 e. The van der Waals surface area contributed by atoms with Gasteiger partial charge in [-0.05, 0) is 44.6 Å². The molecule has 1 aromatic rings. The zero-order valence-corrected chi connectivity index (χ0v) is 14.2. The van der Waals surface area contributed by atoms with Crippen molar-refractivity contribution in [3.8, 4) is 0 Å². The summed E-state index contributed by atoms with van der Waals surface area (Å²) in [6.07, 6.45) is 0.533. The summed E-state index contributed by atoms with van der Waals surface area (Å²) < 4.78 is 5.36. The van der Waals surface area contributed by atoms with E-state index in [4.69, 9.17) is 4.74 Å². The molecule has 2 unspecified atom stereocenters. The van der Waals surface area contributed by atoms with Crippen LogP contribution >= 0.6 is 0 Å². The Hall–Kier alpha value is -2.04. The highest BCUT2D eigenvalue weighted by molar-refractivity contribution is 5.80. The van der Waals surface area contributed by atoms with E-state index < -0.39 is 23.7 Å². The van der Waals surface area contributed by atoms with Gasteiger partial charge in [0.05, 0.1) is 0 Å². The predicted molar refractivity (Wildman–Crippen MR) is 87.4 cm³/mol. The van der Waals surface area contributed by atoms with E-state index in [1.165, 1.54) is 4.90 Å². The second-order valence-corrected chi connectivity index (χ2v) is 7.41. The Morgan fingerprint density at radius 3 is 2.39 bits per heavy atom. The summed E-state index contributed by atoms with van der Waals surface area (Å²) in [6, 6.07) is 9.01. The Balaban J connectivity index is 2.21. The van der Waals surface area contributed by atoms with Crippen molar-refractivity contribution in [2.45, 2.75) is 57.6 Å². The van der Waals surface area contributed by atoms with Crippen molar-refractivity contribution in [3.05, 3.63) is 35.9 Å². The lowest BCUT2D eigenvalue weighted by atomic mass is 9.72. The van der Waals surface area contributed by atoms with E-state index in [2.05, 4.69) is 6.92 Å². The van der Waals surface area contributed by atoms with Crippen molar-refractivity contribution in [1.82, 2.24) is 4.90 Å². The Morgan fingerprint density at radius 2 is 1.87 bits per heavy atom. The number of aliphatic carboxylic acids is 1. The van der Waals surface area contributed by atoms with E-state index in [9.17, 15) is 14.7 Å². The molecular weight excluding hydrogens is 294 g/mol. The number of piperidine rings is 1. The maximum atomic E-state index is 12.3. The number of carboxylic acids is 1. The van der Waals surface area contributed by atoms with Gasteiger partial charge in [0.1, 0.15) is 11.6 Å². The number of carboxylic acid groups (broad SMARTS) is 1. The van der Waals surface area contributed by atoms with Gasteiger partial charge in [0.25, 0.3) is 0 Å². The van der Waals surface area contributed by atoms with Crippen molar-refractivity contribution in [3.63, 3.8) is 0 Å². The molecule has 0 aliphatic carbocycles. The SMILES string of the molecule is CC(C)(C)OC(=O)N1CCC(C)(c2ccccc2)CC1C(=O)O. The van der Waals surface area contributed by atoms with Crippen LogP contribution in [0.1, 0.15) is 46.1 Å². The largest absolute Gasteiger partial charge is 0.480 e. The maximum absolute atomic E-state index is 12.3. The van der Waals surface area contributed by atoms with Gasteiger partial charge in [-0.25, -0.2) is 9.59 Å². The summed E-state index contributed by atoms with van der Waals surface area (Å²) in [5.41, 5.74) is 0.207. The van der Waals surface area contributed by atoms with Gasteiger partial charge in [0.15, 0.2) is 0 Å². The summed E-state index contributed by atoms with van der Waals surface area (Å²) in [5.74, 6) is -0.988. The van der Waals surface area contributed by atoms with Gasteiger partial charge in [0.2, 0.25) is 0 Å². The van der Waals surface area contributed by atoms with Crippen LogP contribution in [0.3, 0.4) is 0 Å². The third-order valence-electron chi connectivity index (χ3n) is 4.31. The van der Waals surface area contributed by atoms with Crippen LogP contribution in [0, 0.1) is 0 Å². The average molecular weight is 319 g/mol. The molecule has 1 saturated heterocycles. The Morgan fingerprint density at radius 1 is 1.26 bits per heavy atom. The molecule has 0 radical (unpaired) electrons. The lowest BCUT2D eigenvalue weighted by molar-refractivity contribution is -0.145. The fraction of sp³-hybridized carbons (Fsp3) is 0.556. The van der Waals surface area contributed by atoms with Crippen LogP contribution in [-0.4, -0.2) is 40.3 Å². The summed E-state index contributed by atoms with van der Waals surface area (Å²) in [7, 11) is 0. The molecule has 23 heavy (non-hydrogen) atoms. The van der Waals surface area contributed by atoms with Gasteiger partial charge in [-0.3, -0.25) is 4.90 Å². The van der Waals surface area contributed by atoms with E-state index in [1.54, 1.807) is 20.8 Å². The Labute approximate surface area is 137 Å².